The standard InChI is InChI=1S/C15H18O5/c1-3-4-13-14(20-15(16)19-13)10-18-9-11-5-7-12(17-2)8-6-11/h3-8,13-14H,9-10H2,1-2H3/b4-3-/t13-,14-/m0/s1. The van der Waals surface area contributed by atoms with Crippen LogP contribution in [0, 0.1) is 0 Å². The number of benzene rings is 1. The van der Waals surface area contributed by atoms with E-state index in [1.165, 1.54) is 0 Å². The third-order valence-corrected chi connectivity index (χ3v) is 2.94. The highest BCUT2D eigenvalue weighted by Crippen LogP contribution is 2.18. The SMILES string of the molecule is C/C=C\[C@@H]1OC(=O)O[C@H]1COCc1ccc(OC)cc1. The monoisotopic (exact) mass is 278 g/mol. The lowest BCUT2D eigenvalue weighted by atomic mass is 10.2. The van der Waals surface area contributed by atoms with Crippen molar-refractivity contribution >= 4 is 6.16 Å². The number of hydrogen-bond acceptors (Lipinski definition) is 5. The maximum absolute atomic E-state index is 11.1. The van der Waals surface area contributed by atoms with E-state index in [0.29, 0.717) is 13.2 Å². The quantitative estimate of drug-likeness (QED) is 0.591. The summed E-state index contributed by atoms with van der Waals surface area (Å²) in [5.74, 6) is 0.806. The molecule has 1 fully saturated rings. The molecule has 0 aliphatic carbocycles. The Morgan fingerprint density at radius 2 is 2.00 bits per heavy atom. The maximum Gasteiger partial charge on any atom is 0.509 e. The van der Waals surface area contributed by atoms with Crippen molar-refractivity contribution in [3.63, 3.8) is 0 Å². The van der Waals surface area contributed by atoms with Gasteiger partial charge in [-0.2, -0.15) is 0 Å². The van der Waals surface area contributed by atoms with Crippen LogP contribution >= 0.6 is 0 Å². The highest BCUT2D eigenvalue weighted by atomic mass is 16.8. The van der Waals surface area contributed by atoms with Gasteiger partial charge in [-0.25, -0.2) is 4.79 Å². The molecule has 2 atom stereocenters. The van der Waals surface area contributed by atoms with Gasteiger partial charge < -0.3 is 18.9 Å². The molecule has 1 heterocycles. The molecule has 5 nitrogen and oxygen atoms in total. The van der Waals surface area contributed by atoms with Crippen molar-refractivity contribution in [1.29, 1.82) is 0 Å². The molecule has 0 radical (unpaired) electrons. The van der Waals surface area contributed by atoms with Crippen molar-refractivity contribution in [2.45, 2.75) is 25.7 Å². The molecule has 108 valence electrons. The van der Waals surface area contributed by atoms with Crippen molar-refractivity contribution in [2.75, 3.05) is 13.7 Å². The van der Waals surface area contributed by atoms with E-state index in [1.807, 2.05) is 37.3 Å². The van der Waals surface area contributed by atoms with Gasteiger partial charge in [0.15, 0.2) is 12.2 Å². The molecule has 0 N–H and O–H groups in total. The summed E-state index contributed by atoms with van der Waals surface area (Å²) in [5, 5.41) is 0. The molecule has 1 saturated heterocycles. The summed E-state index contributed by atoms with van der Waals surface area (Å²) in [6.45, 7) is 2.61. The molecule has 0 unspecified atom stereocenters. The first-order valence-corrected chi connectivity index (χ1v) is 6.43. The Morgan fingerprint density at radius 3 is 2.65 bits per heavy atom. The lowest BCUT2D eigenvalue weighted by Gasteiger charge is -2.12. The number of carbonyl (C=O) groups excluding carboxylic acids is 1. The minimum Gasteiger partial charge on any atom is -0.497 e. The number of rotatable bonds is 6. The van der Waals surface area contributed by atoms with Crippen LogP contribution in [-0.2, 0) is 20.8 Å². The van der Waals surface area contributed by atoms with Crippen LogP contribution in [0.25, 0.3) is 0 Å². The normalized spacial score (nSPS) is 21.8. The largest absolute Gasteiger partial charge is 0.509 e. The molecule has 0 spiro atoms. The molecule has 0 amide bonds. The van der Waals surface area contributed by atoms with Crippen molar-refractivity contribution in [3.8, 4) is 5.75 Å². The van der Waals surface area contributed by atoms with Crippen LogP contribution in [0.15, 0.2) is 36.4 Å². The van der Waals surface area contributed by atoms with E-state index in [9.17, 15) is 4.79 Å². The van der Waals surface area contributed by atoms with Gasteiger partial charge >= 0.3 is 6.16 Å². The van der Waals surface area contributed by atoms with Crippen LogP contribution < -0.4 is 4.74 Å². The smallest absolute Gasteiger partial charge is 0.497 e. The Labute approximate surface area is 118 Å². The first kappa shape index (κ1) is 14.4. The minimum absolute atomic E-state index is 0.298. The van der Waals surface area contributed by atoms with Crippen molar-refractivity contribution in [3.05, 3.63) is 42.0 Å². The molecule has 0 bridgehead atoms. The summed E-state index contributed by atoms with van der Waals surface area (Å²) < 4.78 is 20.7. The van der Waals surface area contributed by atoms with Gasteiger partial charge in [-0.3, -0.25) is 0 Å². The number of methoxy groups -OCH3 is 1. The number of carbonyl (C=O) groups is 1. The van der Waals surface area contributed by atoms with Gasteiger partial charge in [-0.05, 0) is 30.7 Å². The van der Waals surface area contributed by atoms with E-state index >= 15 is 0 Å². The Morgan fingerprint density at radius 1 is 1.25 bits per heavy atom. The average molecular weight is 278 g/mol. The molecule has 2 rings (SSSR count). The second-order valence-electron chi connectivity index (χ2n) is 4.38. The zero-order chi connectivity index (χ0) is 14.4. The summed E-state index contributed by atoms with van der Waals surface area (Å²) in [5.41, 5.74) is 1.03. The first-order chi connectivity index (χ1) is 9.72. The van der Waals surface area contributed by atoms with Gasteiger partial charge in [0, 0.05) is 0 Å². The Balaban J connectivity index is 1.81. The molecule has 1 aliphatic heterocycles. The van der Waals surface area contributed by atoms with Crippen LogP contribution in [0.4, 0.5) is 4.79 Å². The van der Waals surface area contributed by atoms with Crippen LogP contribution in [-0.4, -0.2) is 32.1 Å². The van der Waals surface area contributed by atoms with Crippen molar-refractivity contribution in [1.82, 2.24) is 0 Å². The van der Waals surface area contributed by atoms with Crippen LogP contribution in [0.2, 0.25) is 0 Å². The lowest BCUT2D eigenvalue weighted by Crippen LogP contribution is -2.25. The zero-order valence-electron chi connectivity index (χ0n) is 11.6. The zero-order valence-corrected chi connectivity index (χ0v) is 11.6. The Kier molecular flexibility index (Phi) is 5.01. The van der Waals surface area contributed by atoms with Crippen LogP contribution in [0.1, 0.15) is 12.5 Å². The topological polar surface area (TPSA) is 54.0 Å². The minimum atomic E-state index is -0.647. The molecule has 0 aromatic heterocycles. The van der Waals surface area contributed by atoms with Gasteiger partial charge in [-0.15, -0.1) is 0 Å². The first-order valence-electron chi connectivity index (χ1n) is 6.43. The second kappa shape index (κ2) is 6.96. The van der Waals surface area contributed by atoms with E-state index in [0.717, 1.165) is 11.3 Å². The lowest BCUT2D eigenvalue weighted by molar-refractivity contribution is 0.0305. The molecule has 1 aromatic carbocycles. The second-order valence-corrected chi connectivity index (χ2v) is 4.38. The summed E-state index contributed by atoms with van der Waals surface area (Å²) in [6, 6.07) is 7.61. The summed E-state index contributed by atoms with van der Waals surface area (Å²) in [6.07, 6.45) is 2.20. The predicted molar refractivity (Wildman–Crippen MR) is 72.6 cm³/mol. The predicted octanol–water partition coefficient (Wildman–Crippen LogP) is 2.69. The number of hydrogen-bond donors (Lipinski definition) is 0. The number of allylic oxidation sites excluding steroid dienone is 1. The van der Waals surface area contributed by atoms with E-state index < -0.39 is 12.3 Å². The fourth-order valence-corrected chi connectivity index (χ4v) is 1.90. The molecular weight excluding hydrogens is 260 g/mol. The van der Waals surface area contributed by atoms with Gasteiger partial charge in [0.05, 0.1) is 20.3 Å². The van der Waals surface area contributed by atoms with E-state index in [-0.39, 0.29) is 6.10 Å². The van der Waals surface area contributed by atoms with Crippen molar-refractivity contribution in [2.24, 2.45) is 0 Å². The molecule has 1 aromatic rings. The molecule has 5 heteroatoms. The number of ether oxygens (including phenoxy) is 4. The maximum atomic E-state index is 11.1. The average Bonchev–Trinajstić information content (AvgIpc) is 2.80. The molecule has 0 saturated carbocycles. The summed E-state index contributed by atoms with van der Waals surface area (Å²) in [7, 11) is 1.63. The van der Waals surface area contributed by atoms with Gasteiger partial charge in [0.1, 0.15) is 5.75 Å². The van der Waals surface area contributed by atoms with Gasteiger partial charge in [0.2, 0.25) is 0 Å². The molecule has 20 heavy (non-hydrogen) atoms. The number of cyclic esters (lactones) is 2. The van der Waals surface area contributed by atoms with Gasteiger partial charge in [-0.1, -0.05) is 18.2 Å². The third kappa shape index (κ3) is 3.74. The summed E-state index contributed by atoms with van der Waals surface area (Å²) in [4.78, 5) is 11.1. The Hall–Kier alpha value is -2.01. The van der Waals surface area contributed by atoms with Crippen molar-refractivity contribution < 1.29 is 23.7 Å². The van der Waals surface area contributed by atoms with E-state index in [1.54, 1.807) is 13.2 Å². The Bertz CT molecular complexity index is 466. The third-order valence-electron chi connectivity index (χ3n) is 2.94. The fourth-order valence-electron chi connectivity index (χ4n) is 1.90. The van der Waals surface area contributed by atoms with E-state index in [2.05, 4.69) is 0 Å². The van der Waals surface area contributed by atoms with E-state index in [4.69, 9.17) is 18.9 Å². The molecular formula is C15H18O5. The summed E-state index contributed by atoms with van der Waals surface area (Å²) >= 11 is 0. The fraction of sp³-hybridized carbons (Fsp3) is 0.400. The van der Waals surface area contributed by atoms with Crippen LogP contribution in [0.5, 0.6) is 5.75 Å². The molecule has 1 aliphatic rings. The highest BCUT2D eigenvalue weighted by molar-refractivity contribution is 5.63. The van der Waals surface area contributed by atoms with Gasteiger partial charge in [0.25, 0.3) is 0 Å². The van der Waals surface area contributed by atoms with Crippen LogP contribution in [0.3, 0.4) is 0 Å². The highest BCUT2D eigenvalue weighted by Gasteiger charge is 2.34.